The summed E-state index contributed by atoms with van der Waals surface area (Å²) in [6.45, 7) is 7.56. The maximum absolute atomic E-state index is 15.3. The van der Waals surface area contributed by atoms with Crippen LogP contribution in [0.3, 0.4) is 0 Å². The van der Waals surface area contributed by atoms with Crippen LogP contribution < -0.4 is 14.2 Å². The smallest absolute Gasteiger partial charge is 0.340 e. The second-order valence-electron chi connectivity index (χ2n) is 15.7. The monoisotopic (exact) mass is 912 g/mol. The fourth-order valence-electron chi connectivity index (χ4n) is 7.63. The molecule has 0 spiro atoms. The standard InChI is InChI=1S/C27H27FN2O5.C25H23FN2O4/c1-4-18-12-24(33-15-21-14-25(31)35-30-21)26(28)17(2)22(18)13-20-10-11-23(34-16-32-3)27(29-20)19-8-6-5-7-9-19;1-3-16-11-22(31-14-19-13-23(30)32-28-19)24(26)15(2)20(16)12-18-9-10-21(29)25(27-18)17-7-5-4-6-8-17/h5-12H,4,13-16H2,1-3H3;4-11,29H,3,12-14H2,1-2H3. The van der Waals surface area contributed by atoms with Gasteiger partial charge in [-0.1, -0.05) is 84.8 Å². The number of aromatic nitrogens is 2. The molecule has 0 saturated carbocycles. The summed E-state index contributed by atoms with van der Waals surface area (Å²) in [6, 6.07) is 29.7. The molecule has 0 bridgehead atoms. The first-order chi connectivity index (χ1) is 32.5. The molecule has 67 heavy (non-hydrogen) atoms. The highest BCUT2D eigenvalue weighted by Gasteiger charge is 2.23. The second-order valence-corrected chi connectivity index (χ2v) is 15.7. The van der Waals surface area contributed by atoms with E-state index in [9.17, 15) is 14.7 Å². The van der Waals surface area contributed by atoms with E-state index in [1.807, 2.05) is 86.6 Å². The van der Waals surface area contributed by atoms with Crippen LogP contribution in [0.15, 0.2) is 107 Å². The van der Waals surface area contributed by atoms with Gasteiger partial charge in [0.15, 0.2) is 29.9 Å². The molecule has 0 atom stereocenters. The predicted octanol–water partition coefficient (Wildman–Crippen LogP) is 9.75. The maximum Gasteiger partial charge on any atom is 0.340 e. The van der Waals surface area contributed by atoms with Gasteiger partial charge in [0.05, 0.1) is 12.8 Å². The Kier molecular flexibility index (Phi) is 15.7. The van der Waals surface area contributed by atoms with Crippen molar-refractivity contribution in [2.45, 2.75) is 66.2 Å². The number of nitrogens with zero attached hydrogens (tertiary/aromatic N) is 4. The number of hydrogen-bond acceptors (Lipinski definition) is 13. The zero-order valence-corrected chi connectivity index (χ0v) is 37.9. The molecule has 15 heteroatoms. The van der Waals surface area contributed by atoms with E-state index >= 15 is 8.78 Å². The average molecular weight is 913 g/mol. The predicted molar refractivity (Wildman–Crippen MR) is 247 cm³/mol. The topological polar surface area (TPSA) is 160 Å². The summed E-state index contributed by atoms with van der Waals surface area (Å²) in [6.07, 6.45) is 2.34. The summed E-state index contributed by atoms with van der Waals surface area (Å²) in [5.41, 5.74) is 9.89. The third-order valence-electron chi connectivity index (χ3n) is 11.2. The highest BCUT2D eigenvalue weighted by molar-refractivity contribution is 6.03. The molecule has 0 unspecified atom stereocenters. The van der Waals surface area contributed by atoms with Crippen LogP contribution in [0, 0.1) is 25.5 Å². The summed E-state index contributed by atoms with van der Waals surface area (Å²) in [5.74, 6) is -0.815. The number of carbonyl (C=O) groups is 2. The number of oxime groups is 2. The lowest BCUT2D eigenvalue weighted by Crippen LogP contribution is -2.13. The minimum atomic E-state index is -0.454. The van der Waals surface area contributed by atoms with E-state index in [1.165, 1.54) is 0 Å². The van der Waals surface area contributed by atoms with E-state index < -0.39 is 23.6 Å². The maximum atomic E-state index is 15.3. The zero-order valence-electron chi connectivity index (χ0n) is 37.9. The van der Waals surface area contributed by atoms with Gasteiger partial charge in [0.1, 0.15) is 47.5 Å². The van der Waals surface area contributed by atoms with Crippen LogP contribution in [-0.4, -0.2) is 65.6 Å². The van der Waals surface area contributed by atoms with Crippen molar-refractivity contribution in [3.05, 3.63) is 153 Å². The van der Waals surface area contributed by atoms with E-state index in [0.717, 1.165) is 44.8 Å². The number of halogens is 2. The third-order valence-corrected chi connectivity index (χ3v) is 11.2. The van der Waals surface area contributed by atoms with E-state index in [-0.39, 0.29) is 50.1 Å². The van der Waals surface area contributed by atoms with Crippen LogP contribution in [0.1, 0.15) is 71.5 Å². The molecule has 346 valence electrons. The van der Waals surface area contributed by atoms with Gasteiger partial charge in [0, 0.05) is 42.5 Å². The number of methoxy groups -OCH3 is 1. The average Bonchev–Trinajstić information content (AvgIpc) is 3.98. The molecule has 0 aliphatic carbocycles. The molecule has 8 rings (SSSR count). The minimum absolute atomic E-state index is 0.00444. The van der Waals surface area contributed by atoms with Gasteiger partial charge in [-0.3, -0.25) is 0 Å². The lowest BCUT2D eigenvalue weighted by atomic mass is 9.94. The molecule has 0 amide bonds. The Morgan fingerprint density at radius 3 is 1.52 bits per heavy atom. The highest BCUT2D eigenvalue weighted by atomic mass is 19.1. The van der Waals surface area contributed by atoms with Crippen LogP contribution in [0.25, 0.3) is 22.5 Å². The van der Waals surface area contributed by atoms with Crippen molar-refractivity contribution in [3.63, 3.8) is 0 Å². The summed E-state index contributed by atoms with van der Waals surface area (Å²) < 4.78 is 52.4. The molecule has 0 saturated heterocycles. The van der Waals surface area contributed by atoms with Crippen molar-refractivity contribution in [1.29, 1.82) is 0 Å². The second kappa shape index (κ2) is 22.1. The number of ether oxygens (including phenoxy) is 4. The van der Waals surface area contributed by atoms with E-state index in [2.05, 4.69) is 25.0 Å². The van der Waals surface area contributed by atoms with Gasteiger partial charge >= 0.3 is 11.9 Å². The van der Waals surface area contributed by atoms with Crippen molar-refractivity contribution in [1.82, 2.24) is 9.97 Å². The largest absolute Gasteiger partial charge is 0.506 e. The highest BCUT2D eigenvalue weighted by Crippen LogP contribution is 2.34. The fraction of sp³-hybridized carbons (Fsp3) is 0.269. The Morgan fingerprint density at radius 1 is 0.612 bits per heavy atom. The van der Waals surface area contributed by atoms with Crippen LogP contribution in [0.5, 0.6) is 23.0 Å². The molecule has 2 aliphatic rings. The van der Waals surface area contributed by atoms with Gasteiger partial charge in [0.25, 0.3) is 0 Å². The van der Waals surface area contributed by atoms with E-state index in [1.54, 1.807) is 45.2 Å². The first-order valence-corrected chi connectivity index (χ1v) is 21.8. The van der Waals surface area contributed by atoms with Crippen LogP contribution in [0.2, 0.25) is 0 Å². The number of aryl methyl sites for hydroxylation is 2. The molecule has 0 fully saturated rings. The summed E-state index contributed by atoms with van der Waals surface area (Å²) >= 11 is 0. The molecule has 0 radical (unpaired) electrons. The summed E-state index contributed by atoms with van der Waals surface area (Å²) in [5, 5.41) is 17.6. The molecule has 13 nitrogen and oxygen atoms in total. The molecular weight excluding hydrogens is 863 g/mol. The SMILES string of the molecule is CCc1cc(OCC2=NOC(=O)C2)c(F)c(C)c1Cc1ccc(O)c(-c2ccccc2)n1.CCc1cc(OCC2=NOC(=O)C2)c(F)c(C)c1Cc1ccc(OCOC)c(-c2ccccc2)n1. The number of rotatable bonds is 17. The number of hydrogen-bond donors (Lipinski definition) is 1. The van der Waals surface area contributed by atoms with Crippen LogP contribution >= 0.6 is 0 Å². The van der Waals surface area contributed by atoms with Crippen LogP contribution in [-0.2, 0) is 49.7 Å². The number of carbonyl (C=O) groups excluding carboxylic acids is 2. The van der Waals surface area contributed by atoms with Gasteiger partial charge in [-0.15, -0.1) is 0 Å². The van der Waals surface area contributed by atoms with Crippen molar-refractivity contribution < 1.29 is 52.1 Å². The lowest BCUT2D eigenvalue weighted by Gasteiger charge is -2.17. The minimum Gasteiger partial charge on any atom is -0.506 e. The first-order valence-electron chi connectivity index (χ1n) is 21.8. The van der Waals surface area contributed by atoms with E-state index in [0.29, 0.717) is 65.4 Å². The first kappa shape index (κ1) is 47.4. The Morgan fingerprint density at radius 2 is 1.07 bits per heavy atom. The van der Waals surface area contributed by atoms with Crippen molar-refractivity contribution in [2.24, 2.45) is 10.3 Å². The lowest BCUT2D eigenvalue weighted by molar-refractivity contribution is -0.140. The van der Waals surface area contributed by atoms with Crippen molar-refractivity contribution in [3.8, 4) is 45.5 Å². The van der Waals surface area contributed by atoms with Gasteiger partial charge in [-0.05, 0) is 96.5 Å². The van der Waals surface area contributed by atoms with Crippen LogP contribution in [0.4, 0.5) is 8.78 Å². The molecule has 1 N–H and O–H groups in total. The quantitative estimate of drug-likeness (QED) is 0.0686. The van der Waals surface area contributed by atoms with Gasteiger partial charge < -0.3 is 33.7 Å². The molecular formula is C52H50F2N4O9. The number of pyridine rings is 2. The third kappa shape index (κ3) is 11.7. The van der Waals surface area contributed by atoms with E-state index in [4.69, 9.17) is 23.9 Å². The summed E-state index contributed by atoms with van der Waals surface area (Å²) in [7, 11) is 1.56. The Balaban J connectivity index is 0.000000200. The Bertz CT molecular complexity index is 2820. The van der Waals surface area contributed by atoms with Crippen molar-refractivity contribution in [2.75, 3.05) is 27.1 Å². The van der Waals surface area contributed by atoms with Crippen molar-refractivity contribution >= 4 is 23.4 Å². The summed E-state index contributed by atoms with van der Waals surface area (Å²) in [4.78, 5) is 41.0. The molecule has 2 aliphatic heterocycles. The van der Waals surface area contributed by atoms with Gasteiger partial charge in [-0.2, -0.15) is 0 Å². The van der Waals surface area contributed by atoms with Gasteiger partial charge in [-0.25, -0.2) is 28.3 Å². The fourth-order valence-corrected chi connectivity index (χ4v) is 7.63. The molecule has 4 heterocycles. The number of benzene rings is 4. The Labute approximate surface area is 387 Å². The Hall–Kier alpha value is -7.52. The number of aromatic hydroxyl groups is 1. The molecule has 2 aromatic heterocycles. The zero-order chi connectivity index (χ0) is 47.5. The normalized spacial score (nSPS) is 13.0. The molecule has 4 aromatic carbocycles. The van der Waals surface area contributed by atoms with Gasteiger partial charge in [0.2, 0.25) is 0 Å². The molecule has 6 aromatic rings.